The number of nitrogens with zero attached hydrogens (tertiary/aromatic N) is 2. The highest BCUT2D eigenvalue weighted by molar-refractivity contribution is 6.31. The van der Waals surface area contributed by atoms with Gasteiger partial charge in [-0.25, -0.2) is 4.39 Å². The smallest absolute Gasteiger partial charge is 0.262 e. The predicted molar refractivity (Wildman–Crippen MR) is 111 cm³/mol. The molecule has 0 bridgehead atoms. The van der Waals surface area contributed by atoms with Gasteiger partial charge in [0.15, 0.2) is 6.61 Å². The summed E-state index contributed by atoms with van der Waals surface area (Å²) in [4.78, 5) is 12.2. The van der Waals surface area contributed by atoms with Gasteiger partial charge in [-0.1, -0.05) is 48.0 Å². The van der Waals surface area contributed by atoms with Crippen molar-refractivity contribution >= 4 is 34.0 Å². The van der Waals surface area contributed by atoms with Crippen molar-refractivity contribution in [2.75, 3.05) is 11.9 Å². The van der Waals surface area contributed by atoms with Crippen molar-refractivity contribution in [3.63, 3.8) is 0 Å². The molecule has 4 aromatic rings. The van der Waals surface area contributed by atoms with Crippen LogP contribution in [0.5, 0.6) is 5.75 Å². The number of rotatable bonds is 6. The van der Waals surface area contributed by atoms with Gasteiger partial charge in [-0.2, -0.15) is 5.10 Å². The Labute approximate surface area is 171 Å². The molecule has 0 unspecified atom stereocenters. The lowest BCUT2D eigenvalue weighted by Gasteiger charge is -2.07. The van der Waals surface area contributed by atoms with Gasteiger partial charge >= 0.3 is 0 Å². The SMILES string of the molecule is O=C(COc1ccc2ccccc2c1)Nc1cnn(Cc2ccc(F)cc2Cl)c1. The molecule has 1 amide bonds. The molecular formula is C22H17ClFN3O2. The van der Waals surface area contributed by atoms with Gasteiger partial charge in [-0.15, -0.1) is 0 Å². The number of benzene rings is 3. The van der Waals surface area contributed by atoms with Crippen LogP contribution < -0.4 is 10.1 Å². The fourth-order valence-corrected chi connectivity index (χ4v) is 3.17. The highest BCUT2D eigenvalue weighted by Gasteiger charge is 2.08. The molecule has 0 atom stereocenters. The van der Waals surface area contributed by atoms with Crippen LogP contribution in [0.25, 0.3) is 10.8 Å². The van der Waals surface area contributed by atoms with Crippen molar-refractivity contribution in [2.24, 2.45) is 0 Å². The van der Waals surface area contributed by atoms with Gasteiger partial charge in [0, 0.05) is 11.2 Å². The van der Waals surface area contributed by atoms with Gasteiger partial charge in [-0.3, -0.25) is 9.48 Å². The Hall–Kier alpha value is -3.38. The van der Waals surface area contributed by atoms with Gasteiger partial charge < -0.3 is 10.1 Å². The fourth-order valence-electron chi connectivity index (χ4n) is 2.94. The minimum Gasteiger partial charge on any atom is -0.484 e. The molecule has 0 aliphatic heterocycles. The van der Waals surface area contributed by atoms with Crippen molar-refractivity contribution in [2.45, 2.75) is 6.54 Å². The maximum absolute atomic E-state index is 13.1. The molecule has 4 rings (SSSR count). The standard InChI is InChI=1S/C22H17ClFN3O2/c23-21-10-18(24)7-5-17(21)12-27-13-19(11-25-27)26-22(28)14-29-20-8-6-15-3-1-2-4-16(15)9-20/h1-11,13H,12,14H2,(H,26,28). The van der Waals surface area contributed by atoms with E-state index in [9.17, 15) is 9.18 Å². The molecule has 0 aliphatic rings. The minimum absolute atomic E-state index is 0.118. The first-order valence-corrected chi connectivity index (χ1v) is 9.32. The molecule has 0 aliphatic carbocycles. The number of carbonyl (C=O) groups is 1. The number of halogens is 2. The maximum Gasteiger partial charge on any atom is 0.262 e. The van der Waals surface area contributed by atoms with E-state index in [1.165, 1.54) is 18.3 Å². The number of fused-ring (bicyclic) bond motifs is 1. The summed E-state index contributed by atoms with van der Waals surface area (Å²) < 4.78 is 20.3. The lowest BCUT2D eigenvalue weighted by molar-refractivity contribution is -0.118. The number of anilines is 1. The highest BCUT2D eigenvalue weighted by Crippen LogP contribution is 2.21. The second-order valence-electron chi connectivity index (χ2n) is 6.51. The Bertz CT molecular complexity index is 1180. The monoisotopic (exact) mass is 409 g/mol. The fraction of sp³-hybridized carbons (Fsp3) is 0.0909. The normalized spacial score (nSPS) is 10.8. The maximum atomic E-state index is 13.1. The zero-order valence-electron chi connectivity index (χ0n) is 15.3. The second kappa shape index (κ2) is 8.32. The number of hydrogen-bond acceptors (Lipinski definition) is 3. The summed E-state index contributed by atoms with van der Waals surface area (Å²) in [5.41, 5.74) is 1.27. The van der Waals surface area contributed by atoms with Crippen LogP contribution in [0.3, 0.4) is 0 Å². The van der Waals surface area contributed by atoms with E-state index in [-0.39, 0.29) is 12.5 Å². The van der Waals surface area contributed by atoms with Crippen LogP contribution >= 0.6 is 11.6 Å². The molecule has 146 valence electrons. The Morgan fingerprint density at radius 3 is 2.76 bits per heavy atom. The largest absolute Gasteiger partial charge is 0.484 e. The van der Waals surface area contributed by atoms with E-state index >= 15 is 0 Å². The third-order valence-electron chi connectivity index (χ3n) is 4.36. The van der Waals surface area contributed by atoms with E-state index in [0.717, 1.165) is 16.3 Å². The summed E-state index contributed by atoms with van der Waals surface area (Å²) in [5, 5.41) is 9.41. The molecule has 0 fully saturated rings. The predicted octanol–water partition coefficient (Wildman–Crippen LogP) is 4.89. The van der Waals surface area contributed by atoms with Crippen molar-refractivity contribution in [3.05, 3.63) is 89.5 Å². The average molecular weight is 410 g/mol. The molecule has 3 aromatic carbocycles. The lowest BCUT2D eigenvalue weighted by Crippen LogP contribution is -2.19. The quantitative estimate of drug-likeness (QED) is 0.493. The van der Waals surface area contributed by atoms with Gasteiger partial charge in [0.2, 0.25) is 0 Å². The zero-order valence-corrected chi connectivity index (χ0v) is 16.1. The third-order valence-corrected chi connectivity index (χ3v) is 4.71. The molecule has 0 saturated carbocycles. The Kier molecular flexibility index (Phi) is 5.44. The van der Waals surface area contributed by atoms with E-state index in [1.807, 2.05) is 42.5 Å². The van der Waals surface area contributed by atoms with Gasteiger partial charge in [-0.05, 0) is 40.6 Å². The number of carbonyl (C=O) groups excluding carboxylic acids is 1. The van der Waals surface area contributed by atoms with Crippen LogP contribution in [-0.4, -0.2) is 22.3 Å². The summed E-state index contributed by atoms with van der Waals surface area (Å²) in [7, 11) is 0. The molecule has 1 aromatic heterocycles. The van der Waals surface area contributed by atoms with Crippen molar-refractivity contribution in [1.29, 1.82) is 0 Å². The molecular weight excluding hydrogens is 393 g/mol. The Balaban J connectivity index is 1.33. The van der Waals surface area contributed by atoms with Crippen molar-refractivity contribution in [3.8, 4) is 5.75 Å². The van der Waals surface area contributed by atoms with Gasteiger partial charge in [0.1, 0.15) is 11.6 Å². The van der Waals surface area contributed by atoms with Crippen LogP contribution in [-0.2, 0) is 11.3 Å². The molecule has 7 heteroatoms. The summed E-state index contributed by atoms with van der Waals surface area (Å²) in [6, 6.07) is 17.8. The summed E-state index contributed by atoms with van der Waals surface area (Å²) >= 11 is 6.04. The zero-order chi connectivity index (χ0) is 20.2. The van der Waals surface area contributed by atoms with Gasteiger partial charge in [0.05, 0.1) is 18.4 Å². The van der Waals surface area contributed by atoms with E-state index in [2.05, 4.69) is 10.4 Å². The van der Waals surface area contributed by atoms with Crippen LogP contribution in [0.15, 0.2) is 73.1 Å². The van der Waals surface area contributed by atoms with E-state index in [4.69, 9.17) is 16.3 Å². The second-order valence-corrected chi connectivity index (χ2v) is 6.92. The molecule has 1 N–H and O–H groups in total. The number of aromatic nitrogens is 2. The lowest BCUT2D eigenvalue weighted by atomic mass is 10.1. The molecule has 1 heterocycles. The van der Waals surface area contributed by atoms with Crippen LogP contribution in [0.1, 0.15) is 5.56 Å². The van der Waals surface area contributed by atoms with Crippen LogP contribution in [0, 0.1) is 5.82 Å². The highest BCUT2D eigenvalue weighted by atomic mass is 35.5. The Morgan fingerprint density at radius 1 is 1.10 bits per heavy atom. The van der Waals surface area contributed by atoms with Crippen LogP contribution in [0.4, 0.5) is 10.1 Å². The first kappa shape index (κ1) is 19.0. The Morgan fingerprint density at radius 2 is 1.93 bits per heavy atom. The number of amides is 1. The third kappa shape index (κ3) is 4.73. The first-order valence-electron chi connectivity index (χ1n) is 8.95. The van der Waals surface area contributed by atoms with Crippen LogP contribution in [0.2, 0.25) is 5.02 Å². The van der Waals surface area contributed by atoms with E-state index in [0.29, 0.717) is 23.0 Å². The van der Waals surface area contributed by atoms with Crippen molar-refractivity contribution < 1.29 is 13.9 Å². The summed E-state index contributed by atoms with van der Waals surface area (Å²) in [6.07, 6.45) is 3.21. The van der Waals surface area contributed by atoms with E-state index in [1.54, 1.807) is 16.9 Å². The van der Waals surface area contributed by atoms with E-state index < -0.39 is 5.82 Å². The summed E-state index contributed by atoms with van der Waals surface area (Å²) in [5.74, 6) is -0.0587. The summed E-state index contributed by atoms with van der Waals surface area (Å²) in [6.45, 7) is 0.246. The number of nitrogens with one attached hydrogen (secondary N) is 1. The average Bonchev–Trinajstić information content (AvgIpc) is 3.15. The topological polar surface area (TPSA) is 56.1 Å². The number of ether oxygens (including phenoxy) is 1. The van der Waals surface area contributed by atoms with Gasteiger partial charge in [0.25, 0.3) is 5.91 Å². The molecule has 0 spiro atoms. The van der Waals surface area contributed by atoms with Crippen molar-refractivity contribution in [1.82, 2.24) is 9.78 Å². The first-order chi connectivity index (χ1) is 14.1. The molecule has 29 heavy (non-hydrogen) atoms. The molecule has 0 radical (unpaired) electrons. The molecule has 0 saturated heterocycles. The minimum atomic E-state index is -0.390. The molecule has 5 nitrogen and oxygen atoms in total. The number of hydrogen-bond donors (Lipinski definition) is 1.